The minimum Gasteiger partial charge on any atom is -0.468 e. The maximum Gasteiger partial charge on any atom is 0.322 e. The van der Waals surface area contributed by atoms with Gasteiger partial charge in [-0.25, -0.2) is 8.78 Å². The summed E-state index contributed by atoms with van der Waals surface area (Å²) < 4.78 is 32.0. The summed E-state index contributed by atoms with van der Waals surface area (Å²) in [5, 5.41) is 11.0. The van der Waals surface area contributed by atoms with Crippen molar-refractivity contribution in [3.05, 3.63) is 39.4 Å². The van der Waals surface area contributed by atoms with E-state index in [2.05, 4.69) is 4.99 Å². The van der Waals surface area contributed by atoms with E-state index in [0.29, 0.717) is 6.07 Å². The molecule has 3 atom stereocenters. The number of amidine groups is 1. The summed E-state index contributed by atoms with van der Waals surface area (Å²) in [6.07, 6.45) is 0. The molecule has 136 valence electrons. The van der Waals surface area contributed by atoms with Gasteiger partial charge in [-0.3, -0.25) is 19.9 Å². The molecule has 0 amide bonds. The third kappa shape index (κ3) is 2.94. The van der Waals surface area contributed by atoms with Crippen LogP contribution >= 0.6 is 11.8 Å². The standard InChI is InChI=1S/C15H17F2N3O4S/c1-7-14(2,19-13(18)25-15(7,3)12(21)24-4)9-5-8(20(22)23)6-10(16)11(9)17/h5-7H,1-4H3,(H2,18,19)/t7?,14-,15-/m0/s1. The second-order valence-electron chi connectivity index (χ2n) is 6.07. The fourth-order valence-electron chi connectivity index (χ4n) is 2.95. The zero-order valence-electron chi connectivity index (χ0n) is 14.0. The van der Waals surface area contributed by atoms with Crippen molar-refractivity contribution < 1.29 is 23.2 Å². The minimum atomic E-state index is -1.50. The lowest BCUT2D eigenvalue weighted by atomic mass is 9.73. The van der Waals surface area contributed by atoms with E-state index in [4.69, 9.17) is 10.5 Å². The van der Waals surface area contributed by atoms with Gasteiger partial charge in [-0.1, -0.05) is 18.7 Å². The minimum absolute atomic E-state index is 0.0279. The number of carbonyl (C=O) groups excluding carboxylic acids is 1. The first kappa shape index (κ1) is 19.1. The fourth-order valence-corrected chi connectivity index (χ4v) is 4.20. The molecule has 0 bridgehead atoms. The Labute approximate surface area is 146 Å². The topological polar surface area (TPSA) is 108 Å². The number of nitrogens with zero attached hydrogens (tertiary/aromatic N) is 2. The highest BCUT2D eigenvalue weighted by atomic mass is 32.2. The predicted molar refractivity (Wildman–Crippen MR) is 89.2 cm³/mol. The summed E-state index contributed by atoms with van der Waals surface area (Å²) >= 11 is 0.950. The van der Waals surface area contributed by atoms with Crippen molar-refractivity contribution in [2.75, 3.05) is 7.11 Å². The number of benzene rings is 1. The molecule has 0 fully saturated rings. The number of nitro benzene ring substituents is 1. The van der Waals surface area contributed by atoms with Gasteiger partial charge in [-0.15, -0.1) is 0 Å². The molecule has 1 heterocycles. The van der Waals surface area contributed by atoms with Crippen molar-refractivity contribution in [2.24, 2.45) is 16.6 Å². The first-order valence-corrected chi connectivity index (χ1v) is 8.05. The lowest BCUT2D eigenvalue weighted by Gasteiger charge is -2.45. The second kappa shape index (κ2) is 6.25. The molecular formula is C15H17F2N3O4S. The third-order valence-corrected chi connectivity index (χ3v) is 5.93. The van der Waals surface area contributed by atoms with Crippen LogP contribution in [-0.4, -0.2) is 27.9 Å². The van der Waals surface area contributed by atoms with Gasteiger partial charge in [0.05, 0.1) is 23.6 Å². The number of methoxy groups -OCH3 is 1. The molecule has 0 spiro atoms. The summed E-state index contributed by atoms with van der Waals surface area (Å²) in [5.41, 5.74) is 3.36. The van der Waals surface area contributed by atoms with Gasteiger partial charge in [0, 0.05) is 17.5 Å². The van der Waals surface area contributed by atoms with Crippen LogP contribution in [0.1, 0.15) is 26.3 Å². The molecule has 2 rings (SSSR count). The van der Waals surface area contributed by atoms with Crippen LogP contribution in [-0.2, 0) is 15.1 Å². The van der Waals surface area contributed by atoms with Gasteiger partial charge in [0.25, 0.3) is 5.69 Å². The number of rotatable bonds is 3. The zero-order chi connectivity index (χ0) is 19.2. The van der Waals surface area contributed by atoms with E-state index in [0.717, 1.165) is 17.8 Å². The highest BCUT2D eigenvalue weighted by Gasteiger charge is 2.55. The molecule has 0 saturated heterocycles. The highest BCUT2D eigenvalue weighted by Crippen LogP contribution is 2.51. The Kier molecular flexibility index (Phi) is 4.77. The van der Waals surface area contributed by atoms with Gasteiger partial charge in [0.15, 0.2) is 16.8 Å². The van der Waals surface area contributed by atoms with Crippen LogP contribution in [0, 0.1) is 27.7 Å². The molecular weight excluding hydrogens is 356 g/mol. The van der Waals surface area contributed by atoms with Crippen LogP contribution in [0.25, 0.3) is 0 Å². The molecule has 0 aliphatic carbocycles. The number of non-ortho nitro benzene ring substituents is 1. The Morgan fingerprint density at radius 1 is 1.44 bits per heavy atom. The Morgan fingerprint density at radius 2 is 2.04 bits per heavy atom. The van der Waals surface area contributed by atoms with E-state index in [1.54, 1.807) is 13.8 Å². The van der Waals surface area contributed by atoms with E-state index in [1.807, 2.05) is 0 Å². The number of hydrogen-bond donors (Lipinski definition) is 1. The maximum atomic E-state index is 14.5. The molecule has 0 aromatic heterocycles. The molecule has 0 saturated carbocycles. The average Bonchev–Trinajstić information content (AvgIpc) is 2.53. The quantitative estimate of drug-likeness (QED) is 0.496. The predicted octanol–water partition coefficient (Wildman–Crippen LogP) is 2.72. The SMILES string of the molecule is COC(=O)[C@@]1(C)SC(N)=N[C@](C)(c2cc([N+](=O)[O-])cc(F)c2F)C1C. The number of ether oxygens (including phenoxy) is 1. The summed E-state index contributed by atoms with van der Waals surface area (Å²) in [5.74, 6) is -3.96. The zero-order valence-corrected chi connectivity index (χ0v) is 14.8. The first-order valence-electron chi connectivity index (χ1n) is 7.24. The number of carbonyl (C=O) groups is 1. The van der Waals surface area contributed by atoms with E-state index >= 15 is 0 Å². The first-order chi connectivity index (χ1) is 11.5. The monoisotopic (exact) mass is 373 g/mol. The molecule has 25 heavy (non-hydrogen) atoms. The highest BCUT2D eigenvalue weighted by molar-refractivity contribution is 8.15. The van der Waals surface area contributed by atoms with Crippen molar-refractivity contribution in [2.45, 2.75) is 31.1 Å². The van der Waals surface area contributed by atoms with Crippen molar-refractivity contribution in [1.29, 1.82) is 0 Å². The van der Waals surface area contributed by atoms with Crippen LogP contribution in [0.4, 0.5) is 14.5 Å². The third-order valence-electron chi connectivity index (χ3n) is 4.69. The van der Waals surface area contributed by atoms with Gasteiger partial charge in [-0.2, -0.15) is 0 Å². The Balaban J connectivity index is 2.74. The van der Waals surface area contributed by atoms with E-state index in [-0.39, 0.29) is 10.7 Å². The summed E-state index contributed by atoms with van der Waals surface area (Å²) in [7, 11) is 1.20. The summed E-state index contributed by atoms with van der Waals surface area (Å²) in [6, 6.07) is 1.41. The number of esters is 1. The van der Waals surface area contributed by atoms with Crippen molar-refractivity contribution >= 4 is 28.6 Å². The lowest BCUT2D eigenvalue weighted by molar-refractivity contribution is -0.385. The largest absolute Gasteiger partial charge is 0.468 e. The van der Waals surface area contributed by atoms with Crippen LogP contribution in [0.15, 0.2) is 17.1 Å². The second-order valence-corrected chi connectivity index (χ2v) is 7.54. The van der Waals surface area contributed by atoms with Gasteiger partial charge >= 0.3 is 5.97 Å². The van der Waals surface area contributed by atoms with E-state index in [9.17, 15) is 23.7 Å². The summed E-state index contributed by atoms with van der Waals surface area (Å²) in [6.45, 7) is 4.61. The van der Waals surface area contributed by atoms with Crippen LogP contribution < -0.4 is 5.73 Å². The molecule has 1 aromatic rings. The normalized spacial score (nSPS) is 29.0. The van der Waals surface area contributed by atoms with E-state index in [1.165, 1.54) is 14.0 Å². The van der Waals surface area contributed by atoms with Crippen molar-refractivity contribution in [3.63, 3.8) is 0 Å². The molecule has 1 aromatic carbocycles. The number of halogens is 2. The molecule has 2 N–H and O–H groups in total. The Hall–Kier alpha value is -2.23. The number of thioether (sulfide) groups is 1. The Bertz CT molecular complexity index is 788. The van der Waals surface area contributed by atoms with Crippen LogP contribution in [0.3, 0.4) is 0 Å². The summed E-state index contributed by atoms with van der Waals surface area (Å²) in [4.78, 5) is 26.6. The van der Waals surface area contributed by atoms with Crippen LogP contribution in [0.2, 0.25) is 0 Å². The number of hydrogen-bond acceptors (Lipinski definition) is 7. The molecule has 7 nitrogen and oxygen atoms in total. The van der Waals surface area contributed by atoms with Gasteiger partial charge in [-0.05, 0) is 13.8 Å². The van der Waals surface area contributed by atoms with Gasteiger partial charge in [0.2, 0.25) is 0 Å². The average molecular weight is 373 g/mol. The maximum absolute atomic E-state index is 14.5. The molecule has 0 radical (unpaired) electrons. The van der Waals surface area contributed by atoms with E-state index < -0.39 is 44.4 Å². The molecule has 1 unspecified atom stereocenters. The van der Waals surface area contributed by atoms with Crippen LogP contribution in [0.5, 0.6) is 0 Å². The smallest absolute Gasteiger partial charge is 0.322 e. The van der Waals surface area contributed by atoms with Crippen molar-refractivity contribution in [3.8, 4) is 0 Å². The molecule has 1 aliphatic heterocycles. The number of aliphatic imine (C=N–C) groups is 1. The van der Waals surface area contributed by atoms with Gasteiger partial charge in [0.1, 0.15) is 4.75 Å². The van der Waals surface area contributed by atoms with Gasteiger partial charge < -0.3 is 10.5 Å². The molecule has 1 aliphatic rings. The fraction of sp³-hybridized carbons (Fsp3) is 0.467. The number of nitrogens with two attached hydrogens (primary N) is 1. The number of nitro groups is 1. The molecule has 10 heteroatoms. The van der Waals surface area contributed by atoms with Crippen molar-refractivity contribution in [1.82, 2.24) is 0 Å². The lowest BCUT2D eigenvalue weighted by Crippen LogP contribution is -2.53. The Morgan fingerprint density at radius 3 is 2.56 bits per heavy atom.